The highest BCUT2D eigenvalue weighted by atomic mass is 35.5. The van der Waals surface area contributed by atoms with Gasteiger partial charge >= 0.3 is 0 Å². The first-order valence-corrected chi connectivity index (χ1v) is 7.19. The average molecular weight is 313 g/mol. The minimum absolute atomic E-state index is 0.0111. The zero-order valence-electron chi connectivity index (χ0n) is 11.1. The number of rotatable bonds is 5. The van der Waals surface area contributed by atoms with E-state index in [9.17, 15) is 4.39 Å². The van der Waals surface area contributed by atoms with E-state index in [0.29, 0.717) is 22.9 Å². The molecule has 0 aromatic heterocycles. The summed E-state index contributed by atoms with van der Waals surface area (Å²) in [4.78, 5) is 0. The van der Waals surface area contributed by atoms with Crippen LogP contribution in [0.15, 0.2) is 42.5 Å². The maximum atomic E-state index is 14.2. The van der Waals surface area contributed by atoms with Crippen LogP contribution < -0.4 is 4.74 Å². The van der Waals surface area contributed by atoms with E-state index in [1.807, 2.05) is 24.3 Å². The average Bonchev–Trinajstić information content (AvgIpc) is 2.46. The third-order valence-corrected chi connectivity index (χ3v) is 3.84. The second-order valence-corrected chi connectivity index (χ2v) is 5.29. The summed E-state index contributed by atoms with van der Waals surface area (Å²) in [6.07, 6.45) is 0.507. The smallest absolute Gasteiger partial charge is 0.168 e. The normalized spacial score (nSPS) is 12.2. The lowest BCUT2D eigenvalue weighted by Gasteiger charge is -2.16. The van der Waals surface area contributed by atoms with Gasteiger partial charge in [-0.25, -0.2) is 4.39 Å². The minimum atomic E-state index is -0.327. The van der Waals surface area contributed by atoms with Crippen molar-refractivity contribution in [1.82, 2.24) is 0 Å². The fraction of sp³-hybridized carbons (Fsp3) is 0.250. The standard InChI is InChI=1S/C16H15Cl2FO/c1-20-15-7-3-5-12(16(15)19)8-13(10-17)11-4-2-6-14(18)9-11/h2-7,9,13H,8,10H2,1H3. The highest BCUT2D eigenvalue weighted by Gasteiger charge is 2.16. The molecule has 106 valence electrons. The molecule has 0 spiro atoms. The number of hydrogen-bond acceptors (Lipinski definition) is 1. The SMILES string of the molecule is COc1cccc(CC(CCl)c2cccc(Cl)c2)c1F. The Hall–Kier alpha value is -1.25. The van der Waals surface area contributed by atoms with Crippen molar-refractivity contribution in [2.24, 2.45) is 0 Å². The second kappa shape index (κ2) is 6.96. The number of hydrogen-bond donors (Lipinski definition) is 0. The minimum Gasteiger partial charge on any atom is -0.494 e. The Bertz CT molecular complexity index is 586. The Kier molecular flexibility index (Phi) is 5.27. The van der Waals surface area contributed by atoms with Crippen LogP contribution in [0, 0.1) is 5.82 Å². The van der Waals surface area contributed by atoms with Crippen LogP contribution in [0.3, 0.4) is 0 Å². The summed E-state index contributed by atoms with van der Waals surface area (Å²) >= 11 is 12.0. The molecule has 20 heavy (non-hydrogen) atoms. The van der Waals surface area contributed by atoms with E-state index < -0.39 is 0 Å². The molecule has 0 saturated heterocycles. The zero-order chi connectivity index (χ0) is 14.5. The summed E-state index contributed by atoms with van der Waals surface area (Å²) in [5, 5.41) is 0.656. The van der Waals surface area contributed by atoms with Gasteiger partial charge in [0, 0.05) is 16.8 Å². The molecule has 0 fully saturated rings. The molecule has 0 N–H and O–H groups in total. The maximum Gasteiger partial charge on any atom is 0.168 e. The van der Waals surface area contributed by atoms with Crippen LogP contribution in [0.2, 0.25) is 5.02 Å². The Morgan fingerprint density at radius 3 is 2.60 bits per heavy atom. The zero-order valence-corrected chi connectivity index (χ0v) is 12.6. The van der Waals surface area contributed by atoms with E-state index in [2.05, 4.69) is 0 Å². The van der Waals surface area contributed by atoms with Crippen molar-refractivity contribution >= 4 is 23.2 Å². The van der Waals surface area contributed by atoms with Gasteiger partial charge in [0.1, 0.15) is 0 Å². The molecule has 0 saturated carbocycles. The Morgan fingerprint density at radius 1 is 1.20 bits per heavy atom. The topological polar surface area (TPSA) is 9.23 Å². The lowest BCUT2D eigenvalue weighted by molar-refractivity contribution is 0.383. The largest absolute Gasteiger partial charge is 0.494 e. The summed E-state index contributed by atoms with van der Waals surface area (Å²) in [5.41, 5.74) is 1.60. The molecule has 2 rings (SSSR count). The molecule has 0 aliphatic rings. The van der Waals surface area contributed by atoms with Crippen molar-refractivity contribution in [3.8, 4) is 5.75 Å². The fourth-order valence-electron chi connectivity index (χ4n) is 2.16. The first-order valence-electron chi connectivity index (χ1n) is 6.28. The summed E-state index contributed by atoms with van der Waals surface area (Å²) < 4.78 is 19.2. The number of ether oxygens (including phenoxy) is 1. The van der Waals surface area contributed by atoms with Crippen molar-refractivity contribution in [3.63, 3.8) is 0 Å². The summed E-state index contributed by atoms with van der Waals surface area (Å²) in [6, 6.07) is 12.6. The van der Waals surface area contributed by atoms with Crippen molar-refractivity contribution in [1.29, 1.82) is 0 Å². The van der Waals surface area contributed by atoms with Crippen molar-refractivity contribution in [2.75, 3.05) is 13.0 Å². The predicted octanol–water partition coefficient (Wildman–Crippen LogP) is 5.05. The molecule has 0 aliphatic heterocycles. The summed E-state index contributed by atoms with van der Waals surface area (Å²) in [6.45, 7) is 0. The molecule has 1 atom stereocenters. The number of benzene rings is 2. The number of alkyl halides is 1. The first-order chi connectivity index (χ1) is 9.65. The van der Waals surface area contributed by atoms with Gasteiger partial charge in [0.2, 0.25) is 0 Å². The third kappa shape index (κ3) is 3.44. The van der Waals surface area contributed by atoms with Crippen LogP contribution in [0.5, 0.6) is 5.75 Å². The van der Waals surface area contributed by atoms with Crippen LogP contribution >= 0.6 is 23.2 Å². The van der Waals surface area contributed by atoms with E-state index in [1.54, 1.807) is 18.2 Å². The molecule has 2 aromatic rings. The lowest BCUT2D eigenvalue weighted by Crippen LogP contribution is -2.07. The Morgan fingerprint density at radius 2 is 1.95 bits per heavy atom. The van der Waals surface area contributed by atoms with Crippen LogP contribution in [0.25, 0.3) is 0 Å². The van der Waals surface area contributed by atoms with E-state index in [1.165, 1.54) is 7.11 Å². The quantitative estimate of drug-likeness (QED) is 0.702. The first kappa shape index (κ1) is 15.1. The van der Waals surface area contributed by atoms with Crippen LogP contribution in [-0.2, 0) is 6.42 Å². The predicted molar refractivity (Wildman–Crippen MR) is 81.6 cm³/mol. The molecule has 1 nitrogen and oxygen atoms in total. The molecule has 0 amide bonds. The van der Waals surface area contributed by atoms with Gasteiger partial charge in [-0.1, -0.05) is 35.9 Å². The molecule has 1 unspecified atom stereocenters. The Labute approximate surface area is 128 Å². The molecule has 4 heteroatoms. The van der Waals surface area contributed by atoms with Crippen molar-refractivity contribution in [2.45, 2.75) is 12.3 Å². The molecule has 2 aromatic carbocycles. The van der Waals surface area contributed by atoms with Crippen LogP contribution in [-0.4, -0.2) is 13.0 Å². The number of methoxy groups -OCH3 is 1. The molecular weight excluding hydrogens is 298 g/mol. The van der Waals surface area contributed by atoms with Gasteiger partial charge in [-0.2, -0.15) is 0 Å². The van der Waals surface area contributed by atoms with Crippen LogP contribution in [0.4, 0.5) is 4.39 Å². The van der Waals surface area contributed by atoms with E-state index >= 15 is 0 Å². The number of halogens is 3. The van der Waals surface area contributed by atoms with Crippen molar-refractivity contribution < 1.29 is 9.13 Å². The van der Waals surface area contributed by atoms with Gasteiger partial charge in [-0.15, -0.1) is 11.6 Å². The molecular formula is C16H15Cl2FO. The monoisotopic (exact) mass is 312 g/mol. The van der Waals surface area contributed by atoms with Crippen LogP contribution in [0.1, 0.15) is 17.0 Å². The van der Waals surface area contributed by atoms with E-state index in [-0.39, 0.29) is 17.5 Å². The molecule has 0 aliphatic carbocycles. The highest BCUT2D eigenvalue weighted by Crippen LogP contribution is 2.28. The summed E-state index contributed by atoms with van der Waals surface area (Å²) in [5.74, 6) is 0.336. The van der Waals surface area contributed by atoms with Gasteiger partial charge < -0.3 is 4.74 Å². The van der Waals surface area contributed by atoms with Gasteiger partial charge in [0.15, 0.2) is 11.6 Å². The van der Waals surface area contributed by atoms with E-state index in [0.717, 1.165) is 5.56 Å². The summed E-state index contributed by atoms with van der Waals surface area (Å²) in [7, 11) is 1.46. The highest BCUT2D eigenvalue weighted by molar-refractivity contribution is 6.30. The fourth-order valence-corrected chi connectivity index (χ4v) is 2.65. The van der Waals surface area contributed by atoms with E-state index in [4.69, 9.17) is 27.9 Å². The van der Waals surface area contributed by atoms with Crippen molar-refractivity contribution in [3.05, 3.63) is 64.4 Å². The van der Waals surface area contributed by atoms with Gasteiger partial charge in [-0.05, 0) is 35.7 Å². The lowest BCUT2D eigenvalue weighted by atomic mass is 9.93. The molecule has 0 radical (unpaired) electrons. The maximum absolute atomic E-state index is 14.2. The third-order valence-electron chi connectivity index (χ3n) is 3.24. The molecule has 0 heterocycles. The van der Waals surface area contributed by atoms with Gasteiger partial charge in [-0.3, -0.25) is 0 Å². The van der Waals surface area contributed by atoms with Gasteiger partial charge in [0.05, 0.1) is 7.11 Å². The Balaban J connectivity index is 2.27. The second-order valence-electron chi connectivity index (χ2n) is 4.54. The van der Waals surface area contributed by atoms with Gasteiger partial charge in [0.25, 0.3) is 0 Å². The molecule has 0 bridgehead atoms.